The molecule has 1 aromatic rings. The molecule has 0 unspecified atom stereocenters. The van der Waals surface area contributed by atoms with Gasteiger partial charge in [-0.05, 0) is 19.1 Å². The molecule has 1 aromatic carbocycles. The molecular weight excluding hydrogens is 270 g/mol. The smallest absolute Gasteiger partial charge is 0.161 e. The van der Waals surface area contributed by atoms with Crippen LogP contribution in [0.5, 0.6) is 5.75 Å². The van der Waals surface area contributed by atoms with E-state index in [-0.39, 0.29) is 5.25 Å². The molecule has 18 heavy (non-hydrogen) atoms. The number of ether oxygens (including phenoxy) is 2. The molecule has 0 bridgehead atoms. The van der Waals surface area contributed by atoms with Gasteiger partial charge in [0, 0.05) is 18.4 Å². The van der Waals surface area contributed by atoms with Crippen LogP contribution in [0.2, 0.25) is 5.02 Å². The highest BCUT2D eigenvalue weighted by Crippen LogP contribution is 2.32. The van der Waals surface area contributed by atoms with Crippen molar-refractivity contribution in [1.82, 2.24) is 0 Å². The maximum Gasteiger partial charge on any atom is 0.161 e. The Morgan fingerprint density at radius 2 is 2.17 bits per heavy atom. The number of rotatable bonds is 8. The zero-order chi connectivity index (χ0) is 13.4. The molecule has 0 aliphatic heterocycles. The third-order valence-corrected chi connectivity index (χ3v) is 2.71. The van der Waals surface area contributed by atoms with E-state index in [0.29, 0.717) is 30.6 Å². The highest BCUT2D eigenvalue weighted by atomic mass is 35.5. The van der Waals surface area contributed by atoms with Gasteiger partial charge in [0.15, 0.2) is 5.75 Å². The fourth-order valence-corrected chi connectivity index (χ4v) is 1.72. The average Bonchev–Trinajstić information content (AvgIpc) is 2.34. The molecule has 0 saturated heterocycles. The van der Waals surface area contributed by atoms with E-state index in [4.69, 9.17) is 21.1 Å². The van der Waals surface area contributed by atoms with E-state index in [1.54, 1.807) is 0 Å². The lowest BCUT2D eigenvalue weighted by atomic mass is 10.3. The Labute approximate surface area is 119 Å². The third kappa shape index (κ3) is 5.38. The van der Waals surface area contributed by atoms with Crippen LogP contribution in [0.3, 0.4) is 0 Å². The van der Waals surface area contributed by atoms with Gasteiger partial charge in [-0.15, -0.1) is 0 Å². The van der Waals surface area contributed by atoms with Crippen molar-refractivity contribution in [2.75, 3.05) is 31.7 Å². The van der Waals surface area contributed by atoms with Crippen LogP contribution < -0.4 is 10.1 Å². The van der Waals surface area contributed by atoms with Crippen LogP contribution in [0.4, 0.5) is 5.69 Å². The fraction of sp³-hybridized carbons (Fsp3) is 0.538. The van der Waals surface area contributed by atoms with Gasteiger partial charge in [0.25, 0.3) is 0 Å². The van der Waals surface area contributed by atoms with Crippen molar-refractivity contribution in [1.29, 1.82) is 0 Å². The molecule has 0 aliphatic carbocycles. The van der Waals surface area contributed by atoms with Gasteiger partial charge in [0.2, 0.25) is 0 Å². The van der Waals surface area contributed by atoms with Crippen molar-refractivity contribution in [2.45, 2.75) is 19.1 Å². The van der Waals surface area contributed by atoms with Gasteiger partial charge < -0.3 is 14.8 Å². The first-order chi connectivity index (χ1) is 8.65. The molecule has 0 heterocycles. The van der Waals surface area contributed by atoms with Crippen LogP contribution in [-0.4, -0.2) is 31.6 Å². The zero-order valence-electron chi connectivity index (χ0n) is 10.8. The Morgan fingerprint density at radius 1 is 1.39 bits per heavy atom. The second-order valence-corrected chi connectivity index (χ2v) is 5.18. The topological polar surface area (TPSA) is 30.5 Å². The Hall–Kier alpha value is -0.580. The average molecular weight is 290 g/mol. The number of hydrogen-bond acceptors (Lipinski definition) is 4. The minimum absolute atomic E-state index is 0.264. The monoisotopic (exact) mass is 289 g/mol. The van der Waals surface area contributed by atoms with Crippen LogP contribution >= 0.6 is 24.2 Å². The Kier molecular flexibility index (Phi) is 7.32. The minimum Gasteiger partial charge on any atom is -0.487 e. The predicted octanol–water partition coefficient (Wildman–Crippen LogP) is 3.49. The summed E-state index contributed by atoms with van der Waals surface area (Å²) < 4.78 is 10.9. The summed E-state index contributed by atoms with van der Waals surface area (Å²) in [6, 6.07) is 5.65. The largest absolute Gasteiger partial charge is 0.487 e. The summed E-state index contributed by atoms with van der Waals surface area (Å²) in [4.78, 5) is 0. The molecule has 3 nitrogen and oxygen atoms in total. The van der Waals surface area contributed by atoms with Crippen molar-refractivity contribution in [3.8, 4) is 5.75 Å². The molecule has 0 fully saturated rings. The van der Waals surface area contributed by atoms with E-state index in [9.17, 15) is 0 Å². The molecule has 1 rings (SSSR count). The number of thiol groups is 1. The van der Waals surface area contributed by atoms with Gasteiger partial charge in [0.05, 0.1) is 17.3 Å². The maximum atomic E-state index is 6.13. The van der Waals surface area contributed by atoms with Crippen molar-refractivity contribution >= 4 is 29.9 Å². The molecule has 1 atom stereocenters. The summed E-state index contributed by atoms with van der Waals surface area (Å²) in [6.45, 7) is 6.47. The molecule has 0 aromatic heterocycles. The van der Waals surface area contributed by atoms with Crippen molar-refractivity contribution in [2.24, 2.45) is 0 Å². The van der Waals surface area contributed by atoms with Gasteiger partial charge in [-0.2, -0.15) is 12.6 Å². The van der Waals surface area contributed by atoms with Crippen molar-refractivity contribution in [3.05, 3.63) is 23.2 Å². The van der Waals surface area contributed by atoms with E-state index in [1.165, 1.54) is 0 Å². The molecule has 5 heteroatoms. The Balaban J connectivity index is 2.62. The van der Waals surface area contributed by atoms with E-state index >= 15 is 0 Å². The molecule has 0 radical (unpaired) electrons. The molecule has 0 aliphatic rings. The van der Waals surface area contributed by atoms with Gasteiger partial charge in [0.1, 0.15) is 6.61 Å². The van der Waals surface area contributed by atoms with Crippen molar-refractivity contribution in [3.63, 3.8) is 0 Å². The fourth-order valence-electron chi connectivity index (χ4n) is 1.40. The SMILES string of the molecule is CCOCCOc1c(Cl)cccc1NC[C@H](C)S. The first-order valence-corrected chi connectivity index (χ1v) is 6.95. The summed E-state index contributed by atoms with van der Waals surface area (Å²) in [5.74, 6) is 0.674. The highest BCUT2D eigenvalue weighted by molar-refractivity contribution is 7.80. The first kappa shape index (κ1) is 15.5. The van der Waals surface area contributed by atoms with Gasteiger partial charge in [-0.25, -0.2) is 0 Å². The summed E-state index contributed by atoms with van der Waals surface area (Å²) in [5, 5.41) is 4.13. The third-order valence-electron chi connectivity index (χ3n) is 2.23. The van der Waals surface area contributed by atoms with Crippen LogP contribution in [0.25, 0.3) is 0 Å². The van der Waals surface area contributed by atoms with Crippen LogP contribution in [-0.2, 0) is 4.74 Å². The highest BCUT2D eigenvalue weighted by Gasteiger charge is 2.08. The lowest BCUT2D eigenvalue weighted by Crippen LogP contribution is -2.13. The van der Waals surface area contributed by atoms with E-state index in [2.05, 4.69) is 17.9 Å². The standard InChI is InChI=1S/C13H20ClNO2S/c1-3-16-7-8-17-13-11(14)5-4-6-12(13)15-9-10(2)18/h4-6,10,15,18H,3,7-9H2,1-2H3/t10-/m0/s1. The Morgan fingerprint density at radius 3 is 2.83 bits per heavy atom. The number of hydrogen-bond donors (Lipinski definition) is 2. The molecule has 0 spiro atoms. The van der Waals surface area contributed by atoms with Gasteiger partial charge in [-0.3, -0.25) is 0 Å². The minimum atomic E-state index is 0.264. The lowest BCUT2D eigenvalue weighted by Gasteiger charge is -2.15. The van der Waals surface area contributed by atoms with Gasteiger partial charge in [-0.1, -0.05) is 24.6 Å². The van der Waals surface area contributed by atoms with Crippen LogP contribution in [0, 0.1) is 0 Å². The van der Waals surface area contributed by atoms with E-state index in [0.717, 1.165) is 12.2 Å². The summed E-state index contributed by atoms with van der Waals surface area (Å²) in [5.41, 5.74) is 0.889. The number of halogens is 1. The molecule has 0 amide bonds. The second kappa shape index (κ2) is 8.51. The van der Waals surface area contributed by atoms with Crippen LogP contribution in [0.1, 0.15) is 13.8 Å². The first-order valence-electron chi connectivity index (χ1n) is 6.06. The second-order valence-electron chi connectivity index (χ2n) is 3.89. The Bertz CT molecular complexity index is 361. The molecule has 102 valence electrons. The number of benzene rings is 1. The quantitative estimate of drug-likeness (QED) is 0.567. The molecule has 0 saturated carbocycles. The molecular formula is C13H20ClNO2S. The number of anilines is 1. The number of para-hydroxylation sites is 1. The van der Waals surface area contributed by atoms with Crippen molar-refractivity contribution < 1.29 is 9.47 Å². The predicted molar refractivity (Wildman–Crippen MR) is 80.4 cm³/mol. The summed E-state index contributed by atoms with van der Waals surface area (Å²) in [7, 11) is 0. The number of nitrogens with one attached hydrogen (secondary N) is 1. The maximum absolute atomic E-state index is 6.13. The zero-order valence-corrected chi connectivity index (χ0v) is 12.4. The van der Waals surface area contributed by atoms with Crippen LogP contribution in [0.15, 0.2) is 18.2 Å². The lowest BCUT2D eigenvalue weighted by molar-refractivity contribution is 0.110. The summed E-state index contributed by atoms with van der Waals surface area (Å²) >= 11 is 10.5. The van der Waals surface area contributed by atoms with E-state index in [1.807, 2.05) is 32.0 Å². The van der Waals surface area contributed by atoms with E-state index < -0.39 is 0 Å². The van der Waals surface area contributed by atoms with Gasteiger partial charge >= 0.3 is 0 Å². The molecule has 1 N–H and O–H groups in total. The normalized spacial score (nSPS) is 12.2. The summed E-state index contributed by atoms with van der Waals surface area (Å²) in [6.07, 6.45) is 0.